The fraction of sp³-hybridized carbons (Fsp3) is 0. The lowest BCUT2D eigenvalue weighted by Crippen LogP contribution is -1.97. The van der Waals surface area contributed by atoms with Crippen molar-refractivity contribution in [2.24, 2.45) is 0 Å². The van der Waals surface area contributed by atoms with Gasteiger partial charge in [0.15, 0.2) is 0 Å². The molecular formula is C49H30N4. The first-order chi connectivity index (χ1) is 26.3. The van der Waals surface area contributed by atoms with E-state index in [1.54, 1.807) is 0 Å². The van der Waals surface area contributed by atoms with E-state index in [1.165, 1.54) is 54.6 Å². The van der Waals surface area contributed by atoms with E-state index in [1.807, 2.05) is 42.7 Å². The van der Waals surface area contributed by atoms with Crippen LogP contribution >= 0.6 is 0 Å². The molecule has 4 aromatic heterocycles. The van der Waals surface area contributed by atoms with Gasteiger partial charge in [-0.1, -0.05) is 127 Å². The predicted octanol–water partition coefficient (Wildman–Crippen LogP) is 12.6. The summed E-state index contributed by atoms with van der Waals surface area (Å²) in [6.07, 6.45) is 3.67. The third-order valence-corrected chi connectivity index (χ3v) is 10.6. The Morgan fingerprint density at radius 3 is 1.55 bits per heavy atom. The van der Waals surface area contributed by atoms with Crippen molar-refractivity contribution in [3.8, 4) is 45.0 Å². The van der Waals surface area contributed by atoms with Gasteiger partial charge in [0.2, 0.25) is 0 Å². The van der Waals surface area contributed by atoms with Gasteiger partial charge in [-0.3, -0.25) is 14.4 Å². The van der Waals surface area contributed by atoms with Crippen LogP contribution in [0.3, 0.4) is 0 Å². The number of rotatable bonds is 4. The SMILES string of the molecule is c1ccc(-c2nc3c4ccccc4c4cc(-c5c6ccccc6c(-c6ccc7ccccc7c6)c6ccccc56)ccc4n3c2-c2ccccn2)nc1. The van der Waals surface area contributed by atoms with Crippen LogP contribution in [0.5, 0.6) is 0 Å². The average Bonchev–Trinajstić information content (AvgIpc) is 3.64. The average molecular weight is 675 g/mol. The van der Waals surface area contributed by atoms with Gasteiger partial charge in [0.25, 0.3) is 0 Å². The monoisotopic (exact) mass is 674 g/mol. The molecule has 0 fully saturated rings. The van der Waals surface area contributed by atoms with E-state index < -0.39 is 0 Å². The molecule has 0 unspecified atom stereocenters. The molecule has 0 saturated heterocycles. The highest BCUT2D eigenvalue weighted by Gasteiger charge is 2.23. The molecule has 7 aromatic carbocycles. The van der Waals surface area contributed by atoms with E-state index in [0.717, 1.165) is 50.1 Å². The lowest BCUT2D eigenvalue weighted by Gasteiger charge is -2.19. The zero-order valence-electron chi connectivity index (χ0n) is 28.6. The van der Waals surface area contributed by atoms with Crippen LogP contribution in [0.15, 0.2) is 182 Å². The second-order valence-electron chi connectivity index (χ2n) is 13.6. The van der Waals surface area contributed by atoms with Gasteiger partial charge in [0.1, 0.15) is 17.0 Å². The van der Waals surface area contributed by atoms with Crippen LogP contribution in [-0.4, -0.2) is 19.4 Å². The molecule has 0 aliphatic carbocycles. The first-order valence-electron chi connectivity index (χ1n) is 17.9. The molecule has 4 nitrogen and oxygen atoms in total. The Kier molecular flexibility index (Phi) is 6.52. The van der Waals surface area contributed by atoms with E-state index in [0.29, 0.717) is 0 Å². The minimum Gasteiger partial charge on any atom is -0.290 e. The largest absolute Gasteiger partial charge is 0.290 e. The van der Waals surface area contributed by atoms with Crippen molar-refractivity contribution in [3.63, 3.8) is 0 Å². The van der Waals surface area contributed by atoms with E-state index in [2.05, 4.69) is 144 Å². The molecule has 0 saturated carbocycles. The van der Waals surface area contributed by atoms with Crippen LogP contribution in [0.2, 0.25) is 0 Å². The molecule has 0 aliphatic heterocycles. The topological polar surface area (TPSA) is 43.1 Å². The van der Waals surface area contributed by atoms with Crippen LogP contribution in [0.1, 0.15) is 0 Å². The summed E-state index contributed by atoms with van der Waals surface area (Å²) in [4.78, 5) is 14.9. The van der Waals surface area contributed by atoms with Crippen LogP contribution in [-0.2, 0) is 0 Å². The standard InChI is InChI=1S/C49H30N4/c1-2-14-32-29-33(24-23-31(32)13-1)45-36-16-4-6-18-38(36)46(39-19-7-5-17-37(39)45)34-25-26-44-41(30-34)35-15-3-8-20-40(35)49-52-47(42-21-9-11-27-50-42)48(53(44)49)43-22-10-12-28-51-43/h1-30H. The van der Waals surface area contributed by atoms with Gasteiger partial charge in [-0.2, -0.15) is 0 Å². The lowest BCUT2D eigenvalue weighted by atomic mass is 9.85. The zero-order chi connectivity index (χ0) is 34.9. The van der Waals surface area contributed by atoms with E-state index in [4.69, 9.17) is 15.0 Å². The zero-order valence-corrected chi connectivity index (χ0v) is 28.6. The molecule has 4 heteroatoms. The summed E-state index contributed by atoms with van der Waals surface area (Å²) < 4.78 is 2.28. The summed E-state index contributed by atoms with van der Waals surface area (Å²) in [6.45, 7) is 0. The minimum atomic E-state index is 0.812. The Morgan fingerprint density at radius 1 is 0.377 bits per heavy atom. The molecule has 0 spiro atoms. The van der Waals surface area contributed by atoms with Crippen molar-refractivity contribution in [1.82, 2.24) is 19.4 Å². The Bertz CT molecular complexity index is 3160. The highest BCUT2D eigenvalue weighted by Crippen LogP contribution is 2.46. The summed E-state index contributed by atoms with van der Waals surface area (Å²) in [7, 11) is 0. The summed E-state index contributed by atoms with van der Waals surface area (Å²) >= 11 is 0. The van der Waals surface area contributed by atoms with Gasteiger partial charge in [-0.15, -0.1) is 0 Å². The van der Waals surface area contributed by atoms with Gasteiger partial charge >= 0.3 is 0 Å². The van der Waals surface area contributed by atoms with Crippen LogP contribution in [0.25, 0.3) is 105 Å². The molecule has 11 aromatic rings. The van der Waals surface area contributed by atoms with Crippen molar-refractivity contribution >= 4 is 59.6 Å². The van der Waals surface area contributed by atoms with E-state index in [9.17, 15) is 0 Å². The number of nitrogens with zero attached hydrogens (tertiary/aromatic N) is 4. The molecule has 53 heavy (non-hydrogen) atoms. The van der Waals surface area contributed by atoms with Crippen LogP contribution in [0, 0.1) is 0 Å². The highest BCUT2D eigenvalue weighted by molar-refractivity contribution is 6.23. The van der Waals surface area contributed by atoms with Crippen molar-refractivity contribution < 1.29 is 0 Å². The number of fused-ring (bicyclic) bond motifs is 9. The molecule has 0 amide bonds. The molecule has 0 radical (unpaired) electrons. The first kappa shape index (κ1) is 29.5. The quantitative estimate of drug-likeness (QED) is 0.138. The fourth-order valence-electron chi connectivity index (χ4n) is 8.37. The maximum Gasteiger partial charge on any atom is 0.146 e. The second-order valence-corrected chi connectivity index (χ2v) is 13.6. The minimum absolute atomic E-state index is 0.812. The van der Waals surface area contributed by atoms with Crippen molar-refractivity contribution in [2.75, 3.05) is 0 Å². The summed E-state index contributed by atoms with van der Waals surface area (Å²) in [5, 5.41) is 10.8. The number of pyridine rings is 3. The first-order valence-corrected chi connectivity index (χ1v) is 17.9. The molecule has 0 aliphatic rings. The molecule has 0 bridgehead atoms. The van der Waals surface area contributed by atoms with Gasteiger partial charge in [-0.05, 0) is 102 Å². The van der Waals surface area contributed by atoms with Crippen LogP contribution < -0.4 is 0 Å². The van der Waals surface area contributed by atoms with E-state index >= 15 is 0 Å². The fourth-order valence-corrected chi connectivity index (χ4v) is 8.37. The lowest BCUT2D eigenvalue weighted by molar-refractivity contribution is 1.22. The number of benzene rings is 7. The van der Waals surface area contributed by atoms with Gasteiger partial charge in [0, 0.05) is 23.2 Å². The van der Waals surface area contributed by atoms with Crippen molar-refractivity contribution in [3.05, 3.63) is 182 Å². The molecule has 4 heterocycles. The maximum atomic E-state index is 5.32. The maximum absolute atomic E-state index is 5.32. The van der Waals surface area contributed by atoms with Gasteiger partial charge in [0.05, 0.1) is 16.9 Å². The van der Waals surface area contributed by atoms with Crippen molar-refractivity contribution in [2.45, 2.75) is 0 Å². The third kappa shape index (κ3) is 4.52. The summed E-state index contributed by atoms with van der Waals surface area (Å²) in [5.41, 5.74) is 10.3. The smallest absolute Gasteiger partial charge is 0.146 e. The highest BCUT2D eigenvalue weighted by atomic mass is 15.1. The normalized spacial score (nSPS) is 11.8. The summed E-state index contributed by atoms with van der Waals surface area (Å²) in [6, 6.07) is 60.7. The molecule has 246 valence electrons. The Morgan fingerprint density at radius 2 is 0.906 bits per heavy atom. The number of hydrogen-bond acceptors (Lipinski definition) is 3. The number of imidazole rings is 1. The van der Waals surface area contributed by atoms with Gasteiger partial charge < -0.3 is 0 Å². The molecule has 0 N–H and O–H groups in total. The van der Waals surface area contributed by atoms with E-state index in [-0.39, 0.29) is 0 Å². The number of aromatic nitrogens is 4. The Labute approximate surface area is 305 Å². The molecule has 11 rings (SSSR count). The second kappa shape index (κ2) is 11.7. The van der Waals surface area contributed by atoms with Crippen LogP contribution in [0.4, 0.5) is 0 Å². The van der Waals surface area contributed by atoms with Gasteiger partial charge in [-0.25, -0.2) is 4.98 Å². The Hall–Kier alpha value is -7.17. The summed E-state index contributed by atoms with van der Waals surface area (Å²) in [5.74, 6) is 0. The predicted molar refractivity (Wildman–Crippen MR) is 220 cm³/mol. The number of hydrogen-bond donors (Lipinski definition) is 0. The third-order valence-electron chi connectivity index (χ3n) is 10.6. The molecule has 0 atom stereocenters. The molecular weight excluding hydrogens is 645 g/mol. The van der Waals surface area contributed by atoms with Crippen molar-refractivity contribution in [1.29, 1.82) is 0 Å². The Balaban J connectivity index is 1.24.